The highest BCUT2D eigenvalue weighted by Crippen LogP contribution is 2.38. The number of nitrogens with zero attached hydrogens (tertiary/aromatic N) is 1. The Hall–Kier alpha value is -1.43. The molecule has 0 saturated heterocycles. The van der Waals surface area contributed by atoms with Crippen LogP contribution in [0.25, 0.3) is 0 Å². The Morgan fingerprint density at radius 2 is 2.08 bits per heavy atom. The van der Waals surface area contributed by atoms with Crippen LogP contribution in [0.2, 0.25) is 10.0 Å². The maximum Gasteiger partial charge on any atom is 0.158 e. The number of rotatable bonds is 6. The van der Waals surface area contributed by atoms with Gasteiger partial charge in [0.2, 0.25) is 0 Å². The van der Waals surface area contributed by atoms with Crippen molar-refractivity contribution in [3.05, 3.63) is 56.0 Å². The highest BCUT2D eigenvalue weighted by Gasteiger charge is 2.26. The summed E-state index contributed by atoms with van der Waals surface area (Å²) in [6, 6.07) is 8.77. The molecule has 0 amide bonds. The first-order chi connectivity index (χ1) is 12.5. The molecule has 2 aromatic rings. The Bertz CT molecular complexity index is 842. The Morgan fingerprint density at radius 1 is 1.27 bits per heavy atom. The number of unbranched alkanes of at least 4 members (excludes halogenated alkanes) is 1. The molecule has 1 N–H and O–H groups in total. The van der Waals surface area contributed by atoms with Crippen LogP contribution in [0.4, 0.5) is 0 Å². The van der Waals surface area contributed by atoms with Gasteiger partial charge in [0.05, 0.1) is 26.8 Å². The van der Waals surface area contributed by atoms with Crippen molar-refractivity contribution in [1.29, 1.82) is 0 Å². The first-order valence-corrected chi connectivity index (χ1v) is 9.87. The summed E-state index contributed by atoms with van der Waals surface area (Å²) in [5.74, 6) is 0.720. The number of hydrogen-bond acceptors (Lipinski definition) is 4. The molecule has 0 aliphatic carbocycles. The SMILES string of the molecule is CCCCOc1cc(O)c(C2=NOC(c3ccc(Cl)c(Cl)c3)C2)cc1Br. The first-order valence-electron chi connectivity index (χ1n) is 8.33. The molecule has 1 atom stereocenters. The average Bonchev–Trinajstić information content (AvgIpc) is 3.10. The van der Waals surface area contributed by atoms with E-state index in [1.165, 1.54) is 0 Å². The minimum absolute atomic E-state index is 0.108. The van der Waals surface area contributed by atoms with E-state index in [1.807, 2.05) is 6.07 Å². The van der Waals surface area contributed by atoms with Crippen molar-refractivity contribution in [2.24, 2.45) is 5.16 Å². The molecule has 0 spiro atoms. The van der Waals surface area contributed by atoms with Gasteiger partial charge in [0.25, 0.3) is 0 Å². The maximum absolute atomic E-state index is 10.4. The quantitative estimate of drug-likeness (QED) is 0.502. The highest BCUT2D eigenvalue weighted by atomic mass is 79.9. The van der Waals surface area contributed by atoms with Gasteiger partial charge in [-0.3, -0.25) is 0 Å². The van der Waals surface area contributed by atoms with Gasteiger partial charge < -0.3 is 14.7 Å². The summed E-state index contributed by atoms with van der Waals surface area (Å²) in [6.07, 6.45) is 2.26. The highest BCUT2D eigenvalue weighted by molar-refractivity contribution is 9.10. The van der Waals surface area contributed by atoms with E-state index in [-0.39, 0.29) is 11.9 Å². The molecule has 1 aliphatic heterocycles. The fraction of sp³-hybridized carbons (Fsp3) is 0.316. The molecule has 26 heavy (non-hydrogen) atoms. The number of benzene rings is 2. The molecule has 0 fully saturated rings. The molecular formula is C19H18BrCl2NO3. The Kier molecular flexibility index (Phi) is 6.33. The summed E-state index contributed by atoms with van der Waals surface area (Å²) in [5, 5.41) is 15.5. The van der Waals surface area contributed by atoms with Crippen molar-refractivity contribution in [3.8, 4) is 11.5 Å². The third kappa shape index (κ3) is 4.27. The second kappa shape index (κ2) is 8.51. The molecule has 3 rings (SSSR count). The van der Waals surface area contributed by atoms with Crippen molar-refractivity contribution in [3.63, 3.8) is 0 Å². The topological polar surface area (TPSA) is 51.0 Å². The summed E-state index contributed by atoms with van der Waals surface area (Å²) in [6.45, 7) is 2.71. The van der Waals surface area contributed by atoms with Crippen LogP contribution in [-0.2, 0) is 4.84 Å². The zero-order chi connectivity index (χ0) is 18.7. The van der Waals surface area contributed by atoms with E-state index in [1.54, 1.807) is 24.3 Å². The maximum atomic E-state index is 10.4. The summed E-state index contributed by atoms with van der Waals surface area (Å²) in [4.78, 5) is 5.53. The smallest absolute Gasteiger partial charge is 0.158 e. The minimum Gasteiger partial charge on any atom is -0.507 e. The van der Waals surface area contributed by atoms with Gasteiger partial charge in [-0.15, -0.1) is 0 Å². The van der Waals surface area contributed by atoms with E-state index in [0.717, 1.165) is 22.9 Å². The molecule has 4 nitrogen and oxygen atoms in total. The number of hydrogen-bond donors (Lipinski definition) is 1. The van der Waals surface area contributed by atoms with E-state index < -0.39 is 0 Å². The Balaban J connectivity index is 1.75. The van der Waals surface area contributed by atoms with Gasteiger partial charge in [0.15, 0.2) is 6.10 Å². The van der Waals surface area contributed by atoms with Crippen LogP contribution in [0.3, 0.4) is 0 Å². The van der Waals surface area contributed by atoms with E-state index in [4.69, 9.17) is 32.8 Å². The third-order valence-corrected chi connectivity index (χ3v) is 5.46. The van der Waals surface area contributed by atoms with Gasteiger partial charge in [-0.05, 0) is 46.1 Å². The zero-order valence-electron chi connectivity index (χ0n) is 14.1. The van der Waals surface area contributed by atoms with Crippen LogP contribution in [0.5, 0.6) is 11.5 Å². The summed E-state index contributed by atoms with van der Waals surface area (Å²) in [5.41, 5.74) is 2.16. The van der Waals surface area contributed by atoms with Crippen molar-refractivity contribution in [1.82, 2.24) is 0 Å². The van der Waals surface area contributed by atoms with E-state index in [9.17, 15) is 5.11 Å². The van der Waals surface area contributed by atoms with E-state index >= 15 is 0 Å². The lowest BCUT2D eigenvalue weighted by molar-refractivity contribution is 0.0857. The molecule has 1 unspecified atom stereocenters. The fourth-order valence-corrected chi connectivity index (χ4v) is 3.40. The molecule has 138 valence electrons. The summed E-state index contributed by atoms with van der Waals surface area (Å²) in [7, 11) is 0. The number of phenolic OH excluding ortho intramolecular Hbond substituents is 1. The lowest BCUT2D eigenvalue weighted by Gasteiger charge is -2.12. The van der Waals surface area contributed by atoms with E-state index in [2.05, 4.69) is 28.0 Å². The monoisotopic (exact) mass is 457 g/mol. The van der Waals surface area contributed by atoms with Gasteiger partial charge in [0, 0.05) is 18.1 Å². The molecule has 1 aliphatic rings. The van der Waals surface area contributed by atoms with Gasteiger partial charge in [0.1, 0.15) is 11.5 Å². The predicted molar refractivity (Wildman–Crippen MR) is 108 cm³/mol. The second-order valence-electron chi connectivity index (χ2n) is 6.01. The van der Waals surface area contributed by atoms with Crippen LogP contribution < -0.4 is 4.74 Å². The molecule has 1 heterocycles. The molecule has 0 radical (unpaired) electrons. The van der Waals surface area contributed by atoms with Crippen LogP contribution >= 0.6 is 39.1 Å². The second-order valence-corrected chi connectivity index (χ2v) is 7.68. The van der Waals surface area contributed by atoms with Gasteiger partial charge in [-0.2, -0.15) is 0 Å². The first kappa shape index (κ1) is 19.3. The third-order valence-electron chi connectivity index (χ3n) is 4.10. The molecule has 0 aromatic heterocycles. The lowest BCUT2D eigenvalue weighted by atomic mass is 9.99. The minimum atomic E-state index is -0.265. The average molecular weight is 459 g/mol. The number of phenols is 1. The van der Waals surface area contributed by atoms with Crippen molar-refractivity contribution in [2.75, 3.05) is 6.61 Å². The van der Waals surface area contributed by atoms with Crippen molar-refractivity contribution >= 4 is 44.8 Å². The Labute approximate surface area is 170 Å². The van der Waals surface area contributed by atoms with E-state index in [0.29, 0.717) is 40.1 Å². The number of ether oxygens (including phenoxy) is 1. The van der Waals surface area contributed by atoms with Crippen molar-refractivity contribution < 1.29 is 14.7 Å². The molecular weight excluding hydrogens is 441 g/mol. The lowest BCUT2D eigenvalue weighted by Crippen LogP contribution is -2.03. The number of halogens is 3. The summed E-state index contributed by atoms with van der Waals surface area (Å²) >= 11 is 15.5. The van der Waals surface area contributed by atoms with Gasteiger partial charge in [-0.1, -0.05) is 47.8 Å². The van der Waals surface area contributed by atoms with Crippen LogP contribution in [-0.4, -0.2) is 17.4 Å². The zero-order valence-corrected chi connectivity index (χ0v) is 17.2. The molecule has 2 aromatic carbocycles. The molecule has 0 saturated carbocycles. The standard InChI is InChI=1S/C19H18BrCl2NO3/c1-2-3-6-25-19-10-17(24)12(8-13(19)20)16-9-18(26-23-16)11-4-5-14(21)15(22)7-11/h4-5,7-8,10,18,24H,2-3,6,9H2,1H3. The number of oxime groups is 1. The van der Waals surface area contributed by atoms with Crippen molar-refractivity contribution in [2.45, 2.75) is 32.3 Å². The van der Waals surface area contributed by atoms with Crippen LogP contribution in [0.1, 0.15) is 43.4 Å². The summed E-state index contributed by atoms with van der Waals surface area (Å²) < 4.78 is 6.45. The normalized spacial score (nSPS) is 16.3. The number of aromatic hydroxyl groups is 1. The predicted octanol–water partition coefficient (Wildman–Crippen LogP) is 6.51. The molecule has 0 bridgehead atoms. The largest absolute Gasteiger partial charge is 0.507 e. The Morgan fingerprint density at radius 3 is 2.81 bits per heavy atom. The van der Waals surface area contributed by atoms with Gasteiger partial charge >= 0.3 is 0 Å². The fourth-order valence-electron chi connectivity index (χ4n) is 2.64. The van der Waals surface area contributed by atoms with Crippen LogP contribution in [0.15, 0.2) is 40.0 Å². The van der Waals surface area contributed by atoms with Gasteiger partial charge in [-0.25, -0.2) is 0 Å². The molecule has 7 heteroatoms. The van der Waals surface area contributed by atoms with Crippen LogP contribution in [0, 0.1) is 0 Å².